The first-order chi connectivity index (χ1) is 9.65. The third-order valence-electron chi connectivity index (χ3n) is 3.06. The van der Waals surface area contributed by atoms with Gasteiger partial charge >= 0.3 is 0 Å². The summed E-state index contributed by atoms with van der Waals surface area (Å²) in [6.07, 6.45) is 0.862. The number of aromatic nitrogens is 2. The monoisotopic (exact) mass is 291 g/mol. The van der Waals surface area contributed by atoms with Crippen molar-refractivity contribution in [1.82, 2.24) is 9.97 Å². The van der Waals surface area contributed by atoms with Crippen molar-refractivity contribution in [3.05, 3.63) is 47.2 Å². The van der Waals surface area contributed by atoms with Crippen LogP contribution in [0.15, 0.2) is 29.2 Å². The van der Waals surface area contributed by atoms with E-state index in [2.05, 4.69) is 22.2 Å². The van der Waals surface area contributed by atoms with Gasteiger partial charge < -0.3 is 5.32 Å². The normalized spacial score (nSPS) is 10.6. The summed E-state index contributed by atoms with van der Waals surface area (Å²) in [6.45, 7) is 4.08. The van der Waals surface area contributed by atoms with E-state index in [0.29, 0.717) is 10.6 Å². The highest BCUT2D eigenvalue weighted by Crippen LogP contribution is 2.25. The fraction of sp³-hybridized carbons (Fsp3) is 0.333. The van der Waals surface area contributed by atoms with Gasteiger partial charge in [-0.15, -0.1) is 11.8 Å². The van der Waals surface area contributed by atoms with Crippen molar-refractivity contribution in [2.75, 3.05) is 12.4 Å². The largest absolute Gasteiger partial charge is 0.373 e. The number of aryl methyl sites for hydroxylation is 1. The summed E-state index contributed by atoms with van der Waals surface area (Å²) in [7, 11) is 1.85. The first-order valence-electron chi connectivity index (χ1n) is 6.57. The standard InChI is InChI=1S/C15H18FN3S/c1-4-12-10(2)15(17-3)19-14(18-12)9-20-13-8-6-5-7-11(13)16/h5-8H,4,9H2,1-3H3,(H,17,18,19). The number of thioether (sulfide) groups is 1. The van der Waals surface area contributed by atoms with E-state index in [1.54, 1.807) is 12.1 Å². The maximum Gasteiger partial charge on any atom is 0.141 e. The fourth-order valence-electron chi connectivity index (χ4n) is 1.97. The Balaban J connectivity index is 2.19. The molecule has 1 N–H and O–H groups in total. The van der Waals surface area contributed by atoms with Crippen LogP contribution in [0.3, 0.4) is 0 Å². The van der Waals surface area contributed by atoms with Crippen molar-refractivity contribution in [3.63, 3.8) is 0 Å². The molecule has 0 unspecified atom stereocenters. The van der Waals surface area contributed by atoms with Gasteiger partial charge in [0, 0.05) is 23.2 Å². The summed E-state index contributed by atoms with van der Waals surface area (Å²) in [5.41, 5.74) is 2.11. The average molecular weight is 291 g/mol. The Morgan fingerprint density at radius 2 is 2.00 bits per heavy atom. The minimum absolute atomic E-state index is 0.200. The van der Waals surface area contributed by atoms with Gasteiger partial charge in [0.2, 0.25) is 0 Å². The molecule has 1 aromatic heterocycles. The molecule has 0 aliphatic rings. The van der Waals surface area contributed by atoms with Crippen molar-refractivity contribution in [3.8, 4) is 0 Å². The van der Waals surface area contributed by atoms with Gasteiger partial charge in [-0.2, -0.15) is 0 Å². The summed E-state index contributed by atoms with van der Waals surface area (Å²) in [5.74, 6) is 1.93. The van der Waals surface area contributed by atoms with Crippen molar-refractivity contribution in [1.29, 1.82) is 0 Å². The highest BCUT2D eigenvalue weighted by molar-refractivity contribution is 7.98. The zero-order valence-corrected chi connectivity index (χ0v) is 12.7. The lowest BCUT2D eigenvalue weighted by Gasteiger charge is -2.11. The van der Waals surface area contributed by atoms with Crippen LogP contribution in [-0.4, -0.2) is 17.0 Å². The molecule has 0 atom stereocenters. The van der Waals surface area contributed by atoms with Crippen molar-refractivity contribution < 1.29 is 4.39 Å². The Morgan fingerprint density at radius 1 is 1.25 bits per heavy atom. The third-order valence-corrected chi connectivity index (χ3v) is 4.10. The second-order valence-corrected chi connectivity index (χ2v) is 5.40. The van der Waals surface area contributed by atoms with Crippen molar-refractivity contribution >= 4 is 17.6 Å². The molecule has 5 heteroatoms. The van der Waals surface area contributed by atoms with E-state index in [-0.39, 0.29) is 5.82 Å². The Kier molecular flexibility index (Phi) is 4.95. The Bertz CT molecular complexity index is 576. The van der Waals surface area contributed by atoms with Crippen molar-refractivity contribution in [2.24, 2.45) is 0 Å². The van der Waals surface area contributed by atoms with Gasteiger partial charge in [-0.3, -0.25) is 0 Å². The Labute approximate surface area is 123 Å². The van der Waals surface area contributed by atoms with Gasteiger partial charge in [0.1, 0.15) is 17.5 Å². The van der Waals surface area contributed by atoms with Crippen LogP contribution in [0.5, 0.6) is 0 Å². The summed E-state index contributed by atoms with van der Waals surface area (Å²) in [5, 5.41) is 3.09. The highest BCUT2D eigenvalue weighted by atomic mass is 32.2. The molecule has 1 aromatic carbocycles. The van der Waals surface area contributed by atoms with Gasteiger partial charge in [-0.05, 0) is 25.5 Å². The molecule has 0 fully saturated rings. The molecule has 20 heavy (non-hydrogen) atoms. The van der Waals surface area contributed by atoms with Crippen LogP contribution in [0.1, 0.15) is 24.0 Å². The van der Waals surface area contributed by atoms with Crippen LogP contribution < -0.4 is 5.32 Å². The van der Waals surface area contributed by atoms with E-state index in [0.717, 1.165) is 29.3 Å². The van der Waals surface area contributed by atoms with Gasteiger partial charge in [-0.25, -0.2) is 14.4 Å². The number of rotatable bonds is 5. The van der Waals surface area contributed by atoms with Crippen LogP contribution in [0.2, 0.25) is 0 Å². The van der Waals surface area contributed by atoms with Gasteiger partial charge in [0.25, 0.3) is 0 Å². The summed E-state index contributed by atoms with van der Waals surface area (Å²) in [4.78, 5) is 9.65. The molecule has 0 aliphatic heterocycles. The molecular formula is C15H18FN3S. The van der Waals surface area contributed by atoms with E-state index in [1.807, 2.05) is 20.0 Å². The number of hydrogen-bond acceptors (Lipinski definition) is 4. The molecule has 3 nitrogen and oxygen atoms in total. The summed E-state index contributed by atoms with van der Waals surface area (Å²) in [6, 6.07) is 6.76. The number of nitrogens with zero attached hydrogens (tertiary/aromatic N) is 2. The minimum atomic E-state index is -0.200. The lowest BCUT2D eigenvalue weighted by molar-refractivity contribution is 0.602. The van der Waals surface area contributed by atoms with Gasteiger partial charge in [0.05, 0.1) is 5.75 Å². The molecule has 0 bridgehead atoms. The molecule has 2 aromatic rings. The molecule has 2 rings (SSSR count). The van der Waals surface area contributed by atoms with Crippen LogP contribution in [0, 0.1) is 12.7 Å². The maximum atomic E-state index is 13.6. The number of halogens is 1. The summed E-state index contributed by atoms with van der Waals surface area (Å²) < 4.78 is 13.6. The lowest BCUT2D eigenvalue weighted by Crippen LogP contribution is -2.06. The SMILES string of the molecule is CCc1nc(CSc2ccccc2F)nc(NC)c1C. The summed E-state index contributed by atoms with van der Waals surface area (Å²) >= 11 is 1.42. The first kappa shape index (κ1) is 14.8. The Morgan fingerprint density at radius 3 is 2.65 bits per heavy atom. The molecule has 0 amide bonds. The number of hydrogen-bond donors (Lipinski definition) is 1. The fourth-order valence-corrected chi connectivity index (χ4v) is 2.76. The van der Waals surface area contributed by atoms with Crippen LogP contribution in [0.4, 0.5) is 10.2 Å². The van der Waals surface area contributed by atoms with Gasteiger partial charge in [0.15, 0.2) is 0 Å². The third kappa shape index (κ3) is 3.28. The smallest absolute Gasteiger partial charge is 0.141 e. The van der Waals surface area contributed by atoms with Gasteiger partial charge in [-0.1, -0.05) is 19.1 Å². The molecular weight excluding hydrogens is 273 g/mol. The van der Waals surface area contributed by atoms with E-state index < -0.39 is 0 Å². The molecule has 0 spiro atoms. The van der Waals surface area contributed by atoms with E-state index in [4.69, 9.17) is 0 Å². The molecule has 0 aliphatic carbocycles. The number of anilines is 1. The second-order valence-electron chi connectivity index (χ2n) is 4.38. The first-order valence-corrected chi connectivity index (χ1v) is 7.55. The van der Waals surface area contributed by atoms with Crippen molar-refractivity contribution in [2.45, 2.75) is 30.9 Å². The predicted octanol–water partition coefficient (Wildman–Crippen LogP) is 3.82. The van der Waals surface area contributed by atoms with Crippen LogP contribution >= 0.6 is 11.8 Å². The molecule has 0 radical (unpaired) electrons. The minimum Gasteiger partial charge on any atom is -0.373 e. The zero-order chi connectivity index (χ0) is 14.5. The quantitative estimate of drug-likeness (QED) is 0.850. The molecule has 1 heterocycles. The lowest BCUT2D eigenvalue weighted by atomic mass is 10.2. The number of nitrogens with one attached hydrogen (secondary N) is 1. The topological polar surface area (TPSA) is 37.8 Å². The van der Waals surface area contributed by atoms with E-state index >= 15 is 0 Å². The van der Waals surface area contributed by atoms with E-state index in [1.165, 1.54) is 17.8 Å². The highest BCUT2D eigenvalue weighted by Gasteiger charge is 2.10. The maximum absolute atomic E-state index is 13.6. The molecule has 106 valence electrons. The molecule has 0 saturated heterocycles. The average Bonchev–Trinajstić information content (AvgIpc) is 2.47. The zero-order valence-electron chi connectivity index (χ0n) is 11.9. The second kappa shape index (κ2) is 6.70. The van der Waals surface area contributed by atoms with Crippen LogP contribution in [0.25, 0.3) is 0 Å². The molecule has 0 saturated carbocycles. The Hall–Kier alpha value is -1.62. The van der Waals surface area contributed by atoms with Crippen LogP contribution in [-0.2, 0) is 12.2 Å². The van der Waals surface area contributed by atoms with E-state index in [9.17, 15) is 4.39 Å². The number of benzene rings is 1. The predicted molar refractivity (Wildman–Crippen MR) is 81.7 cm³/mol.